The Morgan fingerprint density at radius 1 is 1.71 bits per heavy atom. The summed E-state index contributed by atoms with van der Waals surface area (Å²) in [6.45, 7) is 1.73. The highest BCUT2D eigenvalue weighted by atomic mass is 19.1. The molecular weight excluding hydrogens is 93.1 g/mol. The topological polar surface area (TPSA) is 26.0 Å². The molecule has 40 valence electrons. The van der Waals surface area contributed by atoms with Crippen LogP contribution >= 0.6 is 0 Å². The van der Waals surface area contributed by atoms with Gasteiger partial charge in [-0.2, -0.15) is 0 Å². The van der Waals surface area contributed by atoms with Gasteiger partial charge in [0.1, 0.15) is 5.83 Å². The van der Waals surface area contributed by atoms with E-state index >= 15 is 0 Å². The van der Waals surface area contributed by atoms with E-state index in [1.54, 1.807) is 13.0 Å². The van der Waals surface area contributed by atoms with Gasteiger partial charge in [0.05, 0.1) is 0 Å². The van der Waals surface area contributed by atoms with Crippen LogP contribution in [0.15, 0.2) is 24.2 Å². The Balaban J connectivity index is 3.58. The molecule has 0 aromatic carbocycles. The Bertz CT molecular complexity index is 94.3. The van der Waals surface area contributed by atoms with E-state index in [4.69, 9.17) is 5.73 Å². The second kappa shape index (κ2) is 3.40. The molecule has 0 bridgehead atoms. The maximum Gasteiger partial charge on any atom is 0.138 e. The summed E-state index contributed by atoms with van der Waals surface area (Å²) >= 11 is 0. The smallest absolute Gasteiger partial charge is 0.138 e. The van der Waals surface area contributed by atoms with Gasteiger partial charge in [-0.1, -0.05) is 6.08 Å². The summed E-state index contributed by atoms with van der Waals surface area (Å²) in [6, 6.07) is 0. The average Bonchev–Trinajstić information content (AvgIpc) is 1.68. The van der Waals surface area contributed by atoms with Crippen LogP contribution in [0, 0.1) is 0 Å². The van der Waals surface area contributed by atoms with Crippen molar-refractivity contribution < 1.29 is 4.39 Å². The Morgan fingerprint density at radius 2 is 2.29 bits per heavy atom. The molecule has 0 aliphatic carbocycles. The SMILES string of the molecule is C/C=C\C(F)=C/N. The van der Waals surface area contributed by atoms with Gasteiger partial charge in [-0.05, 0) is 13.0 Å². The van der Waals surface area contributed by atoms with Crippen LogP contribution in [0.1, 0.15) is 6.92 Å². The summed E-state index contributed by atoms with van der Waals surface area (Å²) in [7, 11) is 0. The fourth-order valence-electron chi connectivity index (χ4n) is 0.215. The minimum absolute atomic E-state index is 0.400. The second-order valence-corrected chi connectivity index (χ2v) is 1.05. The fourth-order valence-corrected chi connectivity index (χ4v) is 0.215. The quantitative estimate of drug-likeness (QED) is 0.495. The molecule has 0 fully saturated rings. The number of nitrogens with two attached hydrogens (primary N) is 1. The van der Waals surface area contributed by atoms with Crippen LogP contribution in [-0.4, -0.2) is 0 Å². The molecule has 0 aromatic rings. The summed E-state index contributed by atoms with van der Waals surface area (Å²) in [6.07, 6.45) is 3.79. The third-order valence-electron chi connectivity index (χ3n) is 0.485. The van der Waals surface area contributed by atoms with E-state index < -0.39 is 5.83 Å². The molecule has 0 aliphatic rings. The maximum absolute atomic E-state index is 11.8. The lowest BCUT2D eigenvalue weighted by molar-refractivity contribution is 0.663. The molecule has 0 unspecified atom stereocenters. The maximum atomic E-state index is 11.8. The zero-order valence-electron chi connectivity index (χ0n) is 4.19. The van der Waals surface area contributed by atoms with Crippen molar-refractivity contribution >= 4 is 0 Å². The van der Waals surface area contributed by atoms with Crippen LogP contribution in [0.2, 0.25) is 0 Å². The monoisotopic (exact) mass is 101 g/mol. The number of halogens is 1. The van der Waals surface area contributed by atoms with Crippen molar-refractivity contribution in [3.05, 3.63) is 24.2 Å². The molecule has 0 aliphatic heterocycles. The van der Waals surface area contributed by atoms with E-state index in [-0.39, 0.29) is 0 Å². The predicted molar refractivity (Wildman–Crippen MR) is 28.2 cm³/mol. The highest BCUT2D eigenvalue weighted by Gasteiger charge is 1.76. The molecule has 0 rings (SSSR count). The molecule has 0 heterocycles. The molecule has 0 saturated heterocycles. The first-order valence-corrected chi connectivity index (χ1v) is 2.01. The average molecular weight is 101 g/mol. The van der Waals surface area contributed by atoms with Crippen LogP contribution in [0.3, 0.4) is 0 Å². The number of rotatable bonds is 1. The van der Waals surface area contributed by atoms with E-state index in [2.05, 4.69) is 0 Å². The molecule has 0 saturated carbocycles. The van der Waals surface area contributed by atoms with E-state index in [1.807, 2.05) is 0 Å². The van der Waals surface area contributed by atoms with Gasteiger partial charge in [0.15, 0.2) is 0 Å². The highest BCUT2D eigenvalue weighted by molar-refractivity contribution is 5.07. The van der Waals surface area contributed by atoms with Gasteiger partial charge < -0.3 is 5.73 Å². The van der Waals surface area contributed by atoms with Crippen molar-refractivity contribution in [3.63, 3.8) is 0 Å². The van der Waals surface area contributed by atoms with Crippen LogP contribution in [-0.2, 0) is 0 Å². The van der Waals surface area contributed by atoms with Gasteiger partial charge in [-0.3, -0.25) is 0 Å². The Kier molecular flexibility index (Phi) is 3.02. The predicted octanol–water partition coefficient (Wildman–Crippen LogP) is 1.33. The first-order chi connectivity index (χ1) is 3.31. The third-order valence-corrected chi connectivity index (χ3v) is 0.485. The first-order valence-electron chi connectivity index (χ1n) is 2.01. The summed E-state index contributed by atoms with van der Waals surface area (Å²) in [5.74, 6) is -0.400. The van der Waals surface area contributed by atoms with Crippen molar-refractivity contribution in [3.8, 4) is 0 Å². The van der Waals surface area contributed by atoms with Gasteiger partial charge in [0.25, 0.3) is 0 Å². The van der Waals surface area contributed by atoms with E-state index in [0.717, 1.165) is 6.20 Å². The van der Waals surface area contributed by atoms with Gasteiger partial charge in [0.2, 0.25) is 0 Å². The molecule has 2 heteroatoms. The van der Waals surface area contributed by atoms with Crippen molar-refractivity contribution in [2.75, 3.05) is 0 Å². The van der Waals surface area contributed by atoms with Crippen molar-refractivity contribution in [1.82, 2.24) is 0 Å². The molecule has 0 aromatic heterocycles. The number of hydrogen-bond acceptors (Lipinski definition) is 1. The summed E-state index contributed by atoms with van der Waals surface area (Å²) < 4.78 is 11.8. The third kappa shape index (κ3) is 3.03. The summed E-state index contributed by atoms with van der Waals surface area (Å²) in [4.78, 5) is 0. The Morgan fingerprint density at radius 3 is 2.43 bits per heavy atom. The van der Waals surface area contributed by atoms with Crippen LogP contribution < -0.4 is 5.73 Å². The first kappa shape index (κ1) is 6.21. The minimum Gasteiger partial charge on any atom is -0.402 e. The summed E-state index contributed by atoms with van der Waals surface area (Å²) in [5.41, 5.74) is 4.77. The molecule has 0 spiro atoms. The molecule has 1 nitrogen and oxygen atoms in total. The van der Waals surface area contributed by atoms with Crippen LogP contribution in [0.4, 0.5) is 4.39 Å². The molecule has 7 heavy (non-hydrogen) atoms. The molecule has 0 amide bonds. The molecule has 2 N–H and O–H groups in total. The number of hydrogen-bond donors (Lipinski definition) is 1. The zero-order valence-corrected chi connectivity index (χ0v) is 4.19. The Hall–Kier alpha value is -0.790. The lowest BCUT2D eigenvalue weighted by Gasteiger charge is -1.76. The summed E-state index contributed by atoms with van der Waals surface area (Å²) in [5, 5.41) is 0. The van der Waals surface area contributed by atoms with Gasteiger partial charge >= 0.3 is 0 Å². The number of allylic oxidation sites excluding steroid dienone is 3. The van der Waals surface area contributed by atoms with Crippen LogP contribution in [0.25, 0.3) is 0 Å². The van der Waals surface area contributed by atoms with Gasteiger partial charge in [-0.15, -0.1) is 0 Å². The van der Waals surface area contributed by atoms with Crippen LogP contribution in [0.5, 0.6) is 0 Å². The molecular formula is C5H8FN. The van der Waals surface area contributed by atoms with E-state index in [9.17, 15) is 4.39 Å². The molecule has 0 radical (unpaired) electrons. The van der Waals surface area contributed by atoms with Crippen molar-refractivity contribution in [2.45, 2.75) is 6.92 Å². The van der Waals surface area contributed by atoms with E-state index in [0.29, 0.717) is 0 Å². The lowest BCUT2D eigenvalue weighted by atomic mass is 10.5. The molecule has 0 atom stereocenters. The standard InChI is InChI=1S/C5H8FN/c1-2-3-5(6)4-7/h2-4H,7H2,1H3/b3-2-,5-4+. The minimum atomic E-state index is -0.400. The zero-order chi connectivity index (χ0) is 5.70. The lowest BCUT2D eigenvalue weighted by Crippen LogP contribution is -1.77. The van der Waals surface area contributed by atoms with Gasteiger partial charge in [-0.25, -0.2) is 4.39 Å². The van der Waals surface area contributed by atoms with E-state index in [1.165, 1.54) is 6.08 Å². The van der Waals surface area contributed by atoms with Gasteiger partial charge in [0, 0.05) is 6.20 Å². The largest absolute Gasteiger partial charge is 0.402 e. The van der Waals surface area contributed by atoms with Crippen molar-refractivity contribution in [2.24, 2.45) is 5.73 Å². The highest BCUT2D eigenvalue weighted by Crippen LogP contribution is 1.92. The second-order valence-electron chi connectivity index (χ2n) is 1.05. The fraction of sp³-hybridized carbons (Fsp3) is 0.200. The van der Waals surface area contributed by atoms with Crippen molar-refractivity contribution in [1.29, 1.82) is 0 Å². The Labute approximate surface area is 42.3 Å². The normalized spacial score (nSPS) is 13.1.